The molecule has 3 unspecified atom stereocenters. The zero-order valence-electron chi connectivity index (χ0n) is 28.6. The minimum Gasteiger partial charge on any atom is -1.00 e. The Labute approximate surface area is 352 Å². The maximum absolute atomic E-state index is 12.0. The average molecular weight is 812 g/mol. The van der Waals surface area contributed by atoms with Gasteiger partial charge in [-0.05, 0) is 25.7 Å². The number of esters is 1. The fourth-order valence-electron chi connectivity index (χ4n) is 4.39. The second-order valence-electron chi connectivity index (χ2n) is 11.0. The maximum atomic E-state index is 12.0. The third-order valence-corrected chi connectivity index (χ3v) is 8.64. The van der Waals surface area contributed by atoms with Crippen LogP contribution in [-0.4, -0.2) is 81.3 Å². The van der Waals surface area contributed by atoms with Gasteiger partial charge in [0, 0.05) is 58.0 Å². The Balaban J connectivity index is -0.000000611. The van der Waals surface area contributed by atoms with Crippen LogP contribution in [0, 0.1) is 0 Å². The summed E-state index contributed by atoms with van der Waals surface area (Å²) in [5, 5.41) is 21.5. The molecule has 2 rings (SSSR count). The van der Waals surface area contributed by atoms with Crippen molar-refractivity contribution < 1.29 is 156 Å². The van der Waals surface area contributed by atoms with Crippen LogP contribution in [0.15, 0.2) is 0 Å². The van der Waals surface area contributed by atoms with Gasteiger partial charge in [0.1, 0.15) is 32.0 Å². The molecule has 1 aliphatic heterocycles. The Morgan fingerprint density at radius 2 is 1.34 bits per heavy atom. The van der Waals surface area contributed by atoms with Crippen LogP contribution in [0.25, 0.3) is 0 Å². The van der Waals surface area contributed by atoms with E-state index in [0.717, 1.165) is 24.3 Å². The van der Waals surface area contributed by atoms with Crippen LogP contribution >= 0.6 is 12.0 Å². The maximum Gasteiger partial charge on any atom is 1.00 e. The number of nitrogens with zero attached hydrogens (tertiary/aromatic N) is 1. The molecule has 1 saturated heterocycles. The number of carbonyl (C=O) groups is 6. The second-order valence-corrected chi connectivity index (χ2v) is 13.4. The molecule has 3 amide bonds. The largest absolute Gasteiger partial charge is 1.00 e. The summed E-state index contributed by atoms with van der Waals surface area (Å²) in [7, 11) is -5.00. The summed E-state index contributed by atoms with van der Waals surface area (Å²) in [6.45, 7) is 3.95. The number of hydrogen-bond donors (Lipinski definition) is 3. The fourth-order valence-corrected chi connectivity index (χ4v) is 5.69. The first-order valence-electron chi connectivity index (χ1n) is 14.7. The van der Waals surface area contributed by atoms with Crippen molar-refractivity contribution in [1.29, 1.82) is 0 Å². The number of carbonyl (C=O) groups excluding carboxylic acids is 6. The van der Waals surface area contributed by atoms with Crippen LogP contribution < -0.4 is 105 Å². The van der Waals surface area contributed by atoms with E-state index < -0.39 is 68.4 Å². The van der Waals surface area contributed by atoms with Crippen molar-refractivity contribution in [2.75, 3.05) is 0 Å². The molecule has 3 atom stereocenters. The first kappa shape index (κ1) is 56.2. The Bertz CT molecular complexity index is 1250. The van der Waals surface area contributed by atoms with E-state index >= 15 is 0 Å². The van der Waals surface area contributed by atoms with Gasteiger partial charge in [0.15, 0.2) is 11.6 Å². The quantitative estimate of drug-likeness (QED) is 0.00985. The molecule has 0 spiro atoms. The summed E-state index contributed by atoms with van der Waals surface area (Å²) in [5.41, 5.74) is 4.27. The number of rotatable bonds is 20. The van der Waals surface area contributed by atoms with Gasteiger partial charge in [-0.3, -0.25) is 50.0 Å². The standard InChI is InChI=1S/C18H24N2O13S2.C9H18N2.2ClH.2Na/c21-10-8-12(35(28,29)30)16(25)17(10)31-15(24)7-5-3-1-2-4-6-13(22)19-20-14(23)9-11(18(20)26)34-33-32-27;1-8(10)6-4-3-5-7-9(2)11;;;;/h11-12,17,27H,1-9H2,(H,19,22)(H,28,29,30);10-11H,3-7H2,1-2H3;2*1H;;/q;;;;2*+1/p-2. The van der Waals surface area contributed by atoms with Crippen molar-refractivity contribution in [3.63, 3.8) is 0 Å². The predicted molar refractivity (Wildman–Crippen MR) is 157 cm³/mol. The molecule has 1 heterocycles. The molecule has 0 aromatic rings. The molecule has 1 aliphatic carbocycles. The fraction of sp³-hybridized carbons (Fsp3) is 0.704. The average Bonchev–Trinajstić information content (AvgIpc) is 3.40. The van der Waals surface area contributed by atoms with E-state index in [2.05, 4.69) is 14.8 Å². The number of hydrazine groups is 1. The van der Waals surface area contributed by atoms with E-state index in [1.807, 2.05) is 13.8 Å². The van der Waals surface area contributed by atoms with Crippen molar-refractivity contribution in [3.8, 4) is 0 Å². The van der Waals surface area contributed by atoms with Gasteiger partial charge in [0.2, 0.25) is 17.9 Å². The number of hydrogen-bond acceptors (Lipinski definition) is 14. The van der Waals surface area contributed by atoms with Gasteiger partial charge in [-0.1, -0.05) is 25.7 Å². The number of Topliss-reactive ketones (excluding diaryl/α,β-unsaturated/α-hetero) is 2. The van der Waals surface area contributed by atoms with E-state index in [0.29, 0.717) is 49.2 Å². The SMILES string of the molecule is CC(=[NH2+])CCCCCC(C)=[NH2+].O=C(CCCCCCCC(=O)OC1C(=O)CC(S(=O)(=O)[O-])C1=O)NN1C(=O)CC(SOO[O-])C1=O.[Cl-].[Cl-].[Na+].[Na+]. The van der Waals surface area contributed by atoms with Gasteiger partial charge in [-0.25, -0.2) is 8.42 Å². The molecule has 0 bridgehead atoms. The van der Waals surface area contributed by atoms with Crippen molar-refractivity contribution >= 4 is 68.8 Å². The Hall–Kier alpha value is -0.520. The number of imide groups is 1. The molecule has 0 aromatic heterocycles. The van der Waals surface area contributed by atoms with Gasteiger partial charge in [-0.15, -0.1) is 0 Å². The van der Waals surface area contributed by atoms with Crippen LogP contribution in [0.5, 0.6) is 0 Å². The van der Waals surface area contributed by atoms with Gasteiger partial charge in [-0.2, -0.15) is 9.34 Å². The molecule has 0 aromatic carbocycles. The number of nitrogens with two attached hydrogens (primary N) is 2. The van der Waals surface area contributed by atoms with Crippen molar-refractivity contribution in [3.05, 3.63) is 0 Å². The first-order chi connectivity index (χ1) is 21.6. The zero-order valence-corrected chi connectivity index (χ0v) is 35.8. The summed E-state index contributed by atoms with van der Waals surface area (Å²) >= 11 is 0.367. The number of ketones is 2. The Morgan fingerprint density at radius 3 is 1.82 bits per heavy atom. The second kappa shape index (κ2) is 29.9. The molecule has 2 aliphatic rings. The Morgan fingerprint density at radius 1 is 0.860 bits per heavy atom. The topological polar surface area (TPSA) is 277 Å². The number of amides is 3. The van der Waals surface area contributed by atoms with Crippen molar-refractivity contribution in [2.45, 2.75) is 120 Å². The van der Waals surface area contributed by atoms with E-state index in [9.17, 15) is 47.0 Å². The van der Waals surface area contributed by atoms with Crippen LogP contribution in [-0.2, 0) is 53.0 Å². The molecule has 276 valence electrons. The monoisotopic (exact) mass is 810 g/mol. The van der Waals surface area contributed by atoms with Crippen LogP contribution in [0.2, 0.25) is 0 Å². The number of unbranched alkanes of at least 4 members (excludes halogenated alkanes) is 6. The van der Waals surface area contributed by atoms with Gasteiger partial charge in [0.05, 0.1) is 6.42 Å². The predicted octanol–water partition coefficient (Wildman–Crippen LogP) is -14.5. The molecule has 0 radical (unpaired) electrons. The smallest absolute Gasteiger partial charge is 1.00 e. The summed E-state index contributed by atoms with van der Waals surface area (Å²) in [6.07, 6.45) is 5.22. The van der Waals surface area contributed by atoms with Crippen LogP contribution in [0.4, 0.5) is 0 Å². The molecule has 2 fully saturated rings. The van der Waals surface area contributed by atoms with E-state index in [1.54, 1.807) is 0 Å². The molecule has 23 heteroatoms. The third kappa shape index (κ3) is 22.5. The van der Waals surface area contributed by atoms with E-state index in [4.69, 9.17) is 15.6 Å². The van der Waals surface area contributed by atoms with Gasteiger partial charge < -0.3 is 39.4 Å². The zero-order chi connectivity index (χ0) is 34.9. The first-order valence-corrected chi connectivity index (χ1v) is 17.0. The number of ether oxygens (including phenoxy) is 1. The Kier molecular flexibility index (Phi) is 33.6. The molecule has 1 saturated carbocycles. The molecule has 17 nitrogen and oxygen atoms in total. The number of halogens is 2. The van der Waals surface area contributed by atoms with Gasteiger partial charge in [0.25, 0.3) is 5.91 Å². The molecule has 5 N–H and O–H groups in total. The summed E-state index contributed by atoms with van der Waals surface area (Å²) in [6, 6.07) is 0. The molecule has 50 heavy (non-hydrogen) atoms. The summed E-state index contributed by atoms with van der Waals surface area (Å²) in [4.78, 5) is 71.1. The minimum absolute atomic E-state index is 0. The third-order valence-electron chi connectivity index (χ3n) is 6.80. The molecular weight excluding hydrogens is 769 g/mol. The van der Waals surface area contributed by atoms with E-state index in [-0.39, 0.29) is 103 Å². The van der Waals surface area contributed by atoms with Crippen LogP contribution in [0.3, 0.4) is 0 Å². The number of nitrogens with one attached hydrogen (secondary N) is 1. The summed E-state index contributed by atoms with van der Waals surface area (Å²) < 4.78 is 41.7. The van der Waals surface area contributed by atoms with Gasteiger partial charge >= 0.3 is 65.1 Å². The normalized spacial score (nSPS) is 18.0. The van der Waals surface area contributed by atoms with Crippen LogP contribution in [0.1, 0.15) is 104 Å². The van der Waals surface area contributed by atoms with Crippen molar-refractivity contribution in [1.82, 2.24) is 10.4 Å². The molecular formula is C27H42Cl2N4Na2O13S2. The summed E-state index contributed by atoms with van der Waals surface area (Å²) in [5.74, 6) is -5.00. The van der Waals surface area contributed by atoms with E-state index in [1.165, 1.54) is 19.3 Å². The minimum atomic E-state index is -5.00. The van der Waals surface area contributed by atoms with Crippen molar-refractivity contribution in [2.24, 2.45) is 0 Å².